The van der Waals surface area contributed by atoms with Crippen molar-refractivity contribution in [3.63, 3.8) is 0 Å². The second-order valence-electron chi connectivity index (χ2n) is 5.87. The van der Waals surface area contributed by atoms with E-state index in [4.69, 9.17) is 0 Å². The van der Waals surface area contributed by atoms with E-state index >= 15 is 0 Å². The van der Waals surface area contributed by atoms with E-state index < -0.39 is 6.10 Å². The zero-order valence-corrected chi connectivity index (χ0v) is 12.1. The van der Waals surface area contributed by atoms with Crippen LogP contribution in [0.2, 0.25) is 0 Å². The van der Waals surface area contributed by atoms with Crippen LogP contribution in [0.4, 0.5) is 10.1 Å². The Morgan fingerprint density at radius 3 is 2.47 bits per heavy atom. The number of aliphatic hydroxyl groups excluding tert-OH is 1. The molecule has 0 heterocycles. The van der Waals surface area contributed by atoms with Crippen LogP contribution in [0, 0.1) is 11.7 Å². The number of hydrogen-bond acceptors (Lipinski definition) is 2. The molecule has 0 unspecified atom stereocenters. The van der Waals surface area contributed by atoms with Gasteiger partial charge in [-0.25, -0.2) is 4.39 Å². The SMILES string of the molecule is CC1CCC(N(C)c2cccc(F)c2[C@@H](C)O)CC1. The van der Waals surface area contributed by atoms with Crippen LogP contribution in [0.3, 0.4) is 0 Å². The molecule has 2 rings (SSSR count). The molecule has 0 saturated heterocycles. The number of halogens is 1. The van der Waals surface area contributed by atoms with Crippen LogP contribution in [0.15, 0.2) is 18.2 Å². The Balaban J connectivity index is 2.23. The average Bonchev–Trinajstić information content (AvgIpc) is 2.38. The number of nitrogens with zero attached hydrogens (tertiary/aromatic N) is 1. The van der Waals surface area contributed by atoms with Gasteiger partial charge >= 0.3 is 0 Å². The standard InChI is InChI=1S/C16H24FNO/c1-11-7-9-13(10-8-11)18(3)15-6-4-5-14(17)16(15)12(2)19/h4-6,11-13,19H,7-10H2,1-3H3/t11?,12-,13?/m1/s1. The van der Waals surface area contributed by atoms with Crippen molar-refractivity contribution in [3.05, 3.63) is 29.6 Å². The van der Waals surface area contributed by atoms with Crippen molar-refractivity contribution in [1.29, 1.82) is 0 Å². The number of aliphatic hydroxyl groups is 1. The predicted octanol–water partition coefficient (Wildman–Crippen LogP) is 3.89. The first kappa shape index (κ1) is 14.3. The Bertz CT molecular complexity index is 425. The zero-order chi connectivity index (χ0) is 14.0. The summed E-state index contributed by atoms with van der Waals surface area (Å²) in [7, 11) is 2.02. The van der Waals surface area contributed by atoms with Gasteiger partial charge in [-0.05, 0) is 50.7 Å². The van der Waals surface area contributed by atoms with Crippen LogP contribution < -0.4 is 4.90 Å². The molecule has 2 nitrogen and oxygen atoms in total. The molecule has 106 valence electrons. The van der Waals surface area contributed by atoms with E-state index in [9.17, 15) is 9.50 Å². The highest BCUT2D eigenvalue weighted by Gasteiger charge is 2.25. The van der Waals surface area contributed by atoms with Crippen LogP contribution in [-0.2, 0) is 0 Å². The van der Waals surface area contributed by atoms with Crippen LogP contribution in [-0.4, -0.2) is 18.2 Å². The van der Waals surface area contributed by atoms with Gasteiger partial charge in [0.05, 0.1) is 6.10 Å². The van der Waals surface area contributed by atoms with Gasteiger partial charge in [-0.1, -0.05) is 13.0 Å². The number of benzene rings is 1. The van der Waals surface area contributed by atoms with E-state index in [-0.39, 0.29) is 5.82 Å². The molecule has 1 aliphatic rings. The van der Waals surface area contributed by atoms with E-state index in [0.29, 0.717) is 11.6 Å². The molecule has 0 spiro atoms. The largest absolute Gasteiger partial charge is 0.389 e. The minimum Gasteiger partial charge on any atom is -0.389 e. The summed E-state index contributed by atoms with van der Waals surface area (Å²) in [5, 5.41) is 9.81. The minimum absolute atomic E-state index is 0.316. The molecule has 0 bridgehead atoms. The first-order valence-corrected chi connectivity index (χ1v) is 7.20. The normalized spacial score (nSPS) is 25.1. The Labute approximate surface area is 115 Å². The molecule has 1 aliphatic carbocycles. The maximum atomic E-state index is 13.9. The lowest BCUT2D eigenvalue weighted by molar-refractivity contribution is 0.194. The highest BCUT2D eigenvalue weighted by atomic mass is 19.1. The third kappa shape index (κ3) is 3.08. The second-order valence-corrected chi connectivity index (χ2v) is 5.87. The van der Waals surface area contributed by atoms with Gasteiger partial charge in [0, 0.05) is 24.3 Å². The van der Waals surface area contributed by atoms with E-state index in [1.54, 1.807) is 13.0 Å². The van der Waals surface area contributed by atoms with Crippen molar-refractivity contribution in [3.8, 4) is 0 Å². The van der Waals surface area contributed by atoms with Gasteiger partial charge < -0.3 is 10.0 Å². The second kappa shape index (κ2) is 5.91. The number of anilines is 1. The summed E-state index contributed by atoms with van der Waals surface area (Å²) >= 11 is 0. The molecule has 0 aromatic heterocycles. The molecule has 19 heavy (non-hydrogen) atoms. The fourth-order valence-electron chi connectivity index (χ4n) is 3.07. The minimum atomic E-state index is -0.777. The number of rotatable bonds is 3. The topological polar surface area (TPSA) is 23.5 Å². The molecule has 3 heteroatoms. The fourth-order valence-corrected chi connectivity index (χ4v) is 3.07. The van der Waals surface area contributed by atoms with Gasteiger partial charge in [0.15, 0.2) is 0 Å². The number of hydrogen-bond donors (Lipinski definition) is 1. The molecule has 1 aromatic rings. The maximum absolute atomic E-state index is 13.9. The first-order chi connectivity index (χ1) is 9.00. The highest BCUT2D eigenvalue weighted by Crippen LogP contribution is 2.34. The summed E-state index contributed by atoms with van der Waals surface area (Å²) in [4.78, 5) is 2.15. The van der Waals surface area contributed by atoms with Gasteiger partial charge in [-0.3, -0.25) is 0 Å². The quantitative estimate of drug-likeness (QED) is 0.896. The van der Waals surface area contributed by atoms with Crippen molar-refractivity contribution < 1.29 is 9.50 Å². The lowest BCUT2D eigenvalue weighted by atomic mass is 9.86. The Morgan fingerprint density at radius 2 is 1.89 bits per heavy atom. The fraction of sp³-hybridized carbons (Fsp3) is 0.625. The summed E-state index contributed by atoms with van der Waals surface area (Å²) in [5.74, 6) is 0.483. The van der Waals surface area contributed by atoms with Gasteiger partial charge in [0.1, 0.15) is 5.82 Å². The first-order valence-electron chi connectivity index (χ1n) is 7.20. The zero-order valence-electron chi connectivity index (χ0n) is 12.1. The molecule has 1 aromatic carbocycles. The summed E-state index contributed by atoms with van der Waals surface area (Å²) < 4.78 is 13.9. The van der Waals surface area contributed by atoms with Crippen molar-refractivity contribution in [2.45, 2.75) is 51.7 Å². The van der Waals surface area contributed by atoms with Gasteiger partial charge in [0.2, 0.25) is 0 Å². The molecule has 1 N–H and O–H groups in total. The third-order valence-electron chi connectivity index (χ3n) is 4.36. The maximum Gasteiger partial charge on any atom is 0.131 e. The molecule has 0 aliphatic heterocycles. The van der Waals surface area contributed by atoms with E-state index in [2.05, 4.69) is 11.8 Å². The molecule has 1 saturated carbocycles. The summed E-state index contributed by atoms with van der Waals surface area (Å²) in [6.07, 6.45) is 3.98. The van der Waals surface area contributed by atoms with Crippen molar-refractivity contribution in [1.82, 2.24) is 0 Å². The third-order valence-corrected chi connectivity index (χ3v) is 4.36. The average molecular weight is 265 g/mol. The van der Waals surface area contributed by atoms with E-state index in [0.717, 1.165) is 24.4 Å². The molecule has 0 amide bonds. The molecule has 1 fully saturated rings. The van der Waals surface area contributed by atoms with Crippen LogP contribution >= 0.6 is 0 Å². The lowest BCUT2D eigenvalue weighted by Gasteiger charge is -2.36. The van der Waals surface area contributed by atoms with Gasteiger partial charge in [-0.15, -0.1) is 0 Å². The van der Waals surface area contributed by atoms with Crippen molar-refractivity contribution in [2.24, 2.45) is 5.92 Å². The van der Waals surface area contributed by atoms with Crippen LogP contribution in [0.5, 0.6) is 0 Å². The van der Waals surface area contributed by atoms with Crippen molar-refractivity contribution in [2.75, 3.05) is 11.9 Å². The molecular weight excluding hydrogens is 241 g/mol. The Kier molecular flexibility index (Phi) is 4.46. The predicted molar refractivity (Wildman–Crippen MR) is 76.9 cm³/mol. The lowest BCUT2D eigenvalue weighted by Crippen LogP contribution is -2.35. The van der Waals surface area contributed by atoms with Gasteiger partial charge in [0.25, 0.3) is 0 Å². The summed E-state index contributed by atoms with van der Waals surface area (Å²) in [6, 6.07) is 5.50. The van der Waals surface area contributed by atoms with Crippen molar-refractivity contribution >= 4 is 5.69 Å². The molecule has 1 atom stereocenters. The summed E-state index contributed by atoms with van der Waals surface area (Å²) in [6.45, 7) is 3.92. The van der Waals surface area contributed by atoms with Crippen LogP contribution in [0.25, 0.3) is 0 Å². The van der Waals surface area contributed by atoms with E-state index in [1.165, 1.54) is 18.9 Å². The highest BCUT2D eigenvalue weighted by molar-refractivity contribution is 5.55. The Hall–Kier alpha value is -1.09. The van der Waals surface area contributed by atoms with E-state index in [1.807, 2.05) is 13.1 Å². The van der Waals surface area contributed by atoms with Gasteiger partial charge in [-0.2, -0.15) is 0 Å². The monoisotopic (exact) mass is 265 g/mol. The smallest absolute Gasteiger partial charge is 0.131 e. The van der Waals surface area contributed by atoms with Crippen LogP contribution in [0.1, 0.15) is 51.2 Å². The summed E-state index contributed by atoms with van der Waals surface area (Å²) in [5.41, 5.74) is 1.25. The Morgan fingerprint density at radius 1 is 1.26 bits per heavy atom. The molecular formula is C16H24FNO. The molecule has 0 radical (unpaired) electrons.